The maximum atomic E-state index is 12.1. The monoisotopic (exact) mass is 337 g/mol. The molecular weight excluding hydrogens is 314 g/mol. The van der Waals surface area contributed by atoms with Gasteiger partial charge in [0.1, 0.15) is 0 Å². The molecule has 0 spiro atoms. The van der Waals surface area contributed by atoms with Crippen molar-refractivity contribution in [2.75, 3.05) is 13.7 Å². The van der Waals surface area contributed by atoms with E-state index in [1.165, 1.54) is 29.1 Å². The highest BCUT2D eigenvalue weighted by Crippen LogP contribution is 2.45. The van der Waals surface area contributed by atoms with Gasteiger partial charge in [-0.05, 0) is 43.9 Å². The van der Waals surface area contributed by atoms with E-state index < -0.39 is 0 Å². The Bertz CT molecular complexity index is 877. The van der Waals surface area contributed by atoms with Crippen LogP contribution in [0.4, 0.5) is 0 Å². The Kier molecular flexibility index (Phi) is 3.72. The molecule has 130 valence electrons. The van der Waals surface area contributed by atoms with Crippen LogP contribution >= 0.6 is 0 Å². The first kappa shape index (κ1) is 16.0. The van der Waals surface area contributed by atoms with Gasteiger partial charge in [0.2, 0.25) is 0 Å². The third-order valence-electron chi connectivity index (χ3n) is 5.84. The molecule has 1 aromatic heterocycles. The minimum atomic E-state index is -0.241. The maximum absolute atomic E-state index is 12.1. The van der Waals surface area contributed by atoms with Gasteiger partial charge in [0.25, 0.3) is 0 Å². The largest absolute Gasteiger partial charge is 0.469 e. The smallest absolute Gasteiger partial charge is 0.310 e. The van der Waals surface area contributed by atoms with Gasteiger partial charge in [0.05, 0.1) is 19.1 Å². The third-order valence-corrected chi connectivity index (χ3v) is 5.84. The summed E-state index contributed by atoms with van der Waals surface area (Å²) in [6, 6.07) is 6.96. The second-order valence-electron chi connectivity index (χ2n) is 7.48. The molecule has 1 saturated heterocycles. The minimum Gasteiger partial charge on any atom is -0.469 e. The Labute approximate surface area is 147 Å². The van der Waals surface area contributed by atoms with Crippen molar-refractivity contribution in [2.24, 2.45) is 5.92 Å². The van der Waals surface area contributed by atoms with Crippen molar-refractivity contribution >= 4 is 16.9 Å². The normalized spacial score (nSPS) is 24.9. The molecule has 1 aliphatic carbocycles. The number of likely N-dealkylation sites (tertiary alicyclic amines) is 1. The third kappa shape index (κ3) is 2.31. The molecule has 5 heteroatoms. The number of esters is 1. The number of hydrogen-bond acceptors (Lipinski definition) is 4. The van der Waals surface area contributed by atoms with Crippen LogP contribution in [0.5, 0.6) is 0 Å². The molecule has 0 radical (unpaired) electrons. The van der Waals surface area contributed by atoms with Crippen LogP contribution < -0.4 is 0 Å². The molecule has 1 aromatic carbocycles. The first-order valence-corrected chi connectivity index (χ1v) is 8.91. The van der Waals surface area contributed by atoms with Crippen molar-refractivity contribution < 1.29 is 9.53 Å². The van der Waals surface area contributed by atoms with Crippen LogP contribution in [0.3, 0.4) is 0 Å². The molecule has 1 aliphatic heterocycles. The summed E-state index contributed by atoms with van der Waals surface area (Å²) in [5, 5.41) is 11.0. The zero-order valence-electron chi connectivity index (χ0n) is 14.9. The molecule has 2 aromatic rings. The Morgan fingerprint density at radius 1 is 1.40 bits per heavy atom. The number of nitriles is 1. The van der Waals surface area contributed by atoms with Gasteiger partial charge in [0.15, 0.2) is 6.19 Å². The van der Waals surface area contributed by atoms with Crippen LogP contribution in [-0.4, -0.2) is 35.1 Å². The van der Waals surface area contributed by atoms with Crippen LogP contribution in [0, 0.1) is 17.4 Å². The standard InChI is InChI=1S/C20H23N3O2/c1-12(2)23-10-13-8-18-16(15-5-4-6-17(23)19(13)15)7-14(20(24)25-3)9-22(18)11-21/h4-6,10,12,14,16,18H,7-9H2,1-3H3/t14-,16?,18-/m1/s1. The van der Waals surface area contributed by atoms with Gasteiger partial charge in [0, 0.05) is 35.6 Å². The van der Waals surface area contributed by atoms with Crippen molar-refractivity contribution in [3.05, 3.63) is 35.5 Å². The zero-order chi connectivity index (χ0) is 17.7. The Morgan fingerprint density at radius 3 is 2.88 bits per heavy atom. The van der Waals surface area contributed by atoms with Crippen molar-refractivity contribution in [1.29, 1.82) is 5.26 Å². The molecule has 4 rings (SSSR count). The number of nitrogens with zero attached hydrogens (tertiary/aromatic N) is 3. The lowest BCUT2D eigenvalue weighted by molar-refractivity contribution is -0.147. The maximum Gasteiger partial charge on any atom is 0.310 e. The van der Waals surface area contributed by atoms with E-state index in [0.717, 1.165) is 12.8 Å². The zero-order valence-corrected chi connectivity index (χ0v) is 14.9. The number of piperidine rings is 1. The minimum absolute atomic E-state index is 0.131. The van der Waals surface area contributed by atoms with Crippen LogP contribution in [0.1, 0.15) is 43.4 Å². The Balaban J connectivity index is 1.85. The fourth-order valence-electron chi connectivity index (χ4n) is 4.71. The summed E-state index contributed by atoms with van der Waals surface area (Å²) in [4.78, 5) is 13.9. The van der Waals surface area contributed by atoms with Crippen molar-refractivity contribution in [1.82, 2.24) is 9.47 Å². The number of carbonyl (C=O) groups excluding carboxylic acids is 1. The van der Waals surface area contributed by atoms with E-state index in [-0.39, 0.29) is 23.8 Å². The molecular formula is C20H23N3O2. The van der Waals surface area contributed by atoms with Crippen LogP contribution in [0.2, 0.25) is 0 Å². The van der Waals surface area contributed by atoms with Gasteiger partial charge >= 0.3 is 5.97 Å². The van der Waals surface area contributed by atoms with Gasteiger partial charge in [-0.25, -0.2) is 0 Å². The summed E-state index contributed by atoms with van der Waals surface area (Å²) in [5.41, 5.74) is 3.85. The van der Waals surface area contributed by atoms with E-state index in [4.69, 9.17) is 4.74 Å². The predicted molar refractivity (Wildman–Crippen MR) is 95.0 cm³/mol. The molecule has 0 bridgehead atoms. The molecule has 0 saturated carbocycles. The molecule has 1 unspecified atom stereocenters. The topological polar surface area (TPSA) is 58.3 Å². The predicted octanol–water partition coefficient (Wildman–Crippen LogP) is 3.21. The summed E-state index contributed by atoms with van der Waals surface area (Å²) in [6.45, 7) is 4.84. The molecule has 25 heavy (non-hydrogen) atoms. The molecule has 0 amide bonds. The average Bonchev–Trinajstić information content (AvgIpc) is 3.00. The van der Waals surface area contributed by atoms with E-state index in [1.807, 2.05) is 0 Å². The Morgan fingerprint density at radius 2 is 2.20 bits per heavy atom. The summed E-state index contributed by atoms with van der Waals surface area (Å²) >= 11 is 0. The van der Waals surface area contributed by atoms with Crippen LogP contribution in [0.15, 0.2) is 24.4 Å². The van der Waals surface area contributed by atoms with Gasteiger partial charge in [-0.2, -0.15) is 5.26 Å². The molecule has 2 heterocycles. The van der Waals surface area contributed by atoms with Gasteiger partial charge < -0.3 is 14.2 Å². The fourth-order valence-corrected chi connectivity index (χ4v) is 4.71. The molecule has 1 fully saturated rings. The lowest BCUT2D eigenvalue weighted by Gasteiger charge is -2.43. The van der Waals surface area contributed by atoms with E-state index in [1.54, 1.807) is 4.90 Å². The summed E-state index contributed by atoms with van der Waals surface area (Å²) in [7, 11) is 1.42. The molecule has 2 aliphatic rings. The first-order chi connectivity index (χ1) is 12.0. The SMILES string of the molecule is COC(=O)[C@@H]1CC2c3cccc4c3c(cn4C(C)C)C[C@H]2N(C#N)C1. The van der Waals surface area contributed by atoms with Crippen LogP contribution in [-0.2, 0) is 16.0 Å². The van der Waals surface area contributed by atoms with Gasteiger partial charge in [-0.1, -0.05) is 12.1 Å². The second-order valence-corrected chi connectivity index (χ2v) is 7.48. The number of hydrogen-bond donors (Lipinski definition) is 0. The summed E-state index contributed by atoms with van der Waals surface area (Å²) < 4.78 is 7.28. The number of fused-ring (bicyclic) bond motifs is 2. The van der Waals surface area contributed by atoms with E-state index in [2.05, 4.69) is 49.0 Å². The number of methoxy groups -OCH3 is 1. The number of aromatic nitrogens is 1. The lowest BCUT2D eigenvalue weighted by Crippen LogP contribution is -2.49. The number of ether oxygens (including phenoxy) is 1. The summed E-state index contributed by atoms with van der Waals surface area (Å²) in [6.07, 6.45) is 6.18. The highest BCUT2D eigenvalue weighted by atomic mass is 16.5. The quantitative estimate of drug-likeness (QED) is 0.624. The number of carbonyl (C=O) groups is 1. The second kappa shape index (κ2) is 5.80. The number of rotatable bonds is 2. The van der Waals surface area contributed by atoms with E-state index >= 15 is 0 Å². The molecule has 3 atom stereocenters. The van der Waals surface area contributed by atoms with Crippen LogP contribution in [0.25, 0.3) is 10.9 Å². The lowest BCUT2D eigenvalue weighted by atomic mass is 9.72. The van der Waals surface area contributed by atoms with Crippen molar-refractivity contribution in [3.63, 3.8) is 0 Å². The average molecular weight is 337 g/mol. The van der Waals surface area contributed by atoms with Crippen molar-refractivity contribution in [3.8, 4) is 6.19 Å². The van der Waals surface area contributed by atoms with Crippen molar-refractivity contribution in [2.45, 2.75) is 44.7 Å². The van der Waals surface area contributed by atoms with E-state index in [9.17, 15) is 10.1 Å². The van der Waals surface area contributed by atoms with E-state index in [0.29, 0.717) is 12.6 Å². The highest BCUT2D eigenvalue weighted by Gasteiger charge is 2.43. The van der Waals surface area contributed by atoms with Gasteiger partial charge in [-0.3, -0.25) is 4.79 Å². The number of benzene rings is 1. The highest BCUT2D eigenvalue weighted by molar-refractivity contribution is 5.89. The molecule has 5 nitrogen and oxygen atoms in total. The first-order valence-electron chi connectivity index (χ1n) is 8.91. The summed E-state index contributed by atoms with van der Waals surface area (Å²) in [5.74, 6) is -0.261. The molecule has 0 N–H and O–H groups in total. The Hall–Kier alpha value is -2.48. The van der Waals surface area contributed by atoms with Gasteiger partial charge in [-0.15, -0.1) is 0 Å². The fraction of sp³-hybridized carbons (Fsp3) is 0.500.